The number of primary amides is 1. The number of nitrogens with one attached hydrogen (secondary N) is 1. The van der Waals surface area contributed by atoms with Crippen molar-refractivity contribution in [2.45, 2.75) is 71.0 Å². The van der Waals surface area contributed by atoms with E-state index in [4.69, 9.17) is 5.73 Å². The van der Waals surface area contributed by atoms with E-state index in [-0.39, 0.29) is 5.91 Å². The molecule has 0 heterocycles. The standard InChI is InChI=1S/C14H29N3O/c1-4-9-16-12-5-7-13(8-6-12)17(11(2)3)10-14(15)18/h11-13,16H,4-10H2,1-3H3,(H2,15,18). The van der Waals surface area contributed by atoms with Crippen molar-refractivity contribution in [1.82, 2.24) is 10.2 Å². The highest BCUT2D eigenvalue weighted by molar-refractivity contribution is 5.76. The van der Waals surface area contributed by atoms with Crippen molar-refractivity contribution in [1.29, 1.82) is 0 Å². The predicted octanol–water partition coefficient (Wildman–Crippen LogP) is 1.49. The Kier molecular flexibility index (Phi) is 6.65. The van der Waals surface area contributed by atoms with E-state index in [2.05, 4.69) is 31.0 Å². The van der Waals surface area contributed by atoms with Gasteiger partial charge < -0.3 is 11.1 Å². The summed E-state index contributed by atoms with van der Waals surface area (Å²) in [5, 5.41) is 3.59. The Labute approximate surface area is 111 Å². The van der Waals surface area contributed by atoms with E-state index in [1.807, 2.05) is 0 Å². The summed E-state index contributed by atoms with van der Waals surface area (Å²) in [7, 11) is 0. The Balaban J connectivity index is 2.41. The number of amides is 1. The molecule has 0 bridgehead atoms. The first-order valence-corrected chi connectivity index (χ1v) is 7.32. The molecule has 1 fully saturated rings. The van der Waals surface area contributed by atoms with Crippen molar-refractivity contribution in [2.75, 3.05) is 13.1 Å². The van der Waals surface area contributed by atoms with E-state index in [9.17, 15) is 4.79 Å². The van der Waals surface area contributed by atoms with E-state index in [1.54, 1.807) is 0 Å². The molecule has 1 rings (SSSR count). The van der Waals surface area contributed by atoms with Gasteiger partial charge in [0.05, 0.1) is 6.54 Å². The lowest BCUT2D eigenvalue weighted by Gasteiger charge is -2.38. The van der Waals surface area contributed by atoms with Gasteiger partial charge in [-0.25, -0.2) is 0 Å². The van der Waals surface area contributed by atoms with Gasteiger partial charge in [-0.1, -0.05) is 6.92 Å². The van der Waals surface area contributed by atoms with Crippen molar-refractivity contribution in [3.63, 3.8) is 0 Å². The average molecular weight is 255 g/mol. The van der Waals surface area contributed by atoms with Gasteiger partial charge in [0.2, 0.25) is 5.91 Å². The van der Waals surface area contributed by atoms with Crippen LogP contribution in [0.3, 0.4) is 0 Å². The third-order valence-electron chi connectivity index (χ3n) is 3.85. The maximum Gasteiger partial charge on any atom is 0.231 e. The van der Waals surface area contributed by atoms with Crippen LogP contribution in [-0.4, -0.2) is 42.0 Å². The summed E-state index contributed by atoms with van der Waals surface area (Å²) < 4.78 is 0. The lowest BCUT2D eigenvalue weighted by Crippen LogP contribution is -2.48. The third kappa shape index (κ3) is 4.94. The van der Waals surface area contributed by atoms with E-state index in [0.29, 0.717) is 24.7 Å². The van der Waals surface area contributed by atoms with Crippen LogP contribution in [0.4, 0.5) is 0 Å². The van der Waals surface area contributed by atoms with Crippen LogP contribution >= 0.6 is 0 Å². The summed E-state index contributed by atoms with van der Waals surface area (Å²) in [4.78, 5) is 13.4. The molecular weight excluding hydrogens is 226 g/mol. The fourth-order valence-corrected chi connectivity index (χ4v) is 2.87. The maximum atomic E-state index is 11.1. The molecule has 0 saturated heterocycles. The number of hydrogen-bond donors (Lipinski definition) is 2. The maximum absolute atomic E-state index is 11.1. The molecular formula is C14H29N3O. The monoisotopic (exact) mass is 255 g/mol. The van der Waals surface area contributed by atoms with Crippen molar-refractivity contribution < 1.29 is 4.79 Å². The van der Waals surface area contributed by atoms with Crippen LogP contribution in [0.15, 0.2) is 0 Å². The van der Waals surface area contributed by atoms with Crippen LogP contribution < -0.4 is 11.1 Å². The van der Waals surface area contributed by atoms with E-state index in [1.165, 1.54) is 32.1 Å². The van der Waals surface area contributed by atoms with Crippen molar-refractivity contribution in [3.05, 3.63) is 0 Å². The Morgan fingerprint density at radius 1 is 1.33 bits per heavy atom. The van der Waals surface area contributed by atoms with Crippen molar-refractivity contribution >= 4 is 5.91 Å². The Morgan fingerprint density at radius 3 is 2.39 bits per heavy atom. The number of nitrogens with two attached hydrogens (primary N) is 1. The molecule has 0 unspecified atom stereocenters. The Hall–Kier alpha value is -0.610. The second-order valence-corrected chi connectivity index (χ2v) is 5.69. The molecule has 106 valence electrons. The smallest absolute Gasteiger partial charge is 0.231 e. The van der Waals surface area contributed by atoms with Crippen molar-refractivity contribution in [3.8, 4) is 0 Å². The topological polar surface area (TPSA) is 58.4 Å². The summed E-state index contributed by atoms with van der Waals surface area (Å²) in [6.07, 6.45) is 5.97. The van der Waals surface area contributed by atoms with Gasteiger partial charge in [0, 0.05) is 18.1 Å². The number of rotatable bonds is 7. The molecule has 18 heavy (non-hydrogen) atoms. The van der Waals surface area contributed by atoms with Gasteiger partial charge in [-0.3, -0.25) is 9.69 Å². The van der Waals surface area contributed by atoms with Crippen LogP contribution in [0, 0.1) is 0 Å². The molecule has 0 aromatic rings. The minimum absolute atomic E-state index is 0.213. The molecule has 0 spiro atoms. The fraction of sp³-hybridized carbons (Fsp3) is 0.929. The van der Waals surface area contributed by atoms with Crippen LogP contribution in [-0.2, 0) is 4.79 Å². The normalized spacial score (nSPS) is 24.7. The summed E-state index contributed by atoms with van der Waals surface area (Å²) >= 11 is 0. The van der Waals surface area contributed by atoms with Gasteiger partial charge in [0.25, 0.3) is 0 Å². The molecule has 0 aromatic heterocycles. The Bertz CT molecular complexity index is 247. The van der Waals surface area contributed by atoms with Crippen LogP contribution in [0.2, 0.25) is 0 Å². The van der Waals surface area contributed by atoms with E-state index >= 15 is 0 Å². The molecule has 3 N–H and O–H groups in total. The zero-order valence-electron chi connectivity index (χ0n) is 12.1. The highest BCUT2D eigenvalue weighted by Gasteiger charge is 2.27. The Morgan fingerprint density at radius 2 is 1.94 bits per heavy atom. The van der Waals surface area contributed by atoms with E-state index in [0.717, 1.165) is 6.54 Å². The predicted molar refractivity (Wildman–Crippen MR) is 75.4 cm³/mol. The number of nitrogens with zero attached hydrogens (tertiary/aromatic N) is 1. The van der Waals surface area contributed by atoms with Gasteiger partial charge in [-0.05, 0) is 52.5 Å². The van der Waals surface area contributed by atoms with Crippen molar-refractivity contribution in [2.24, 2.45) is 5.73 Å². The van der Waals surface area contributed by atoms with E-state index < -0.39 is 0 Å². The first kappa shape index (κ1) is 15.4. The largest absolute Gasteiger partial charge is 0.369 e. The molecule has 1 aliphatic carbocycles. The number of hydrogen-bond acceptors (Lipinski definition) is 3. The molecule has 1 amide bonds. The molecule has 0 radical (unpaired) electrons. The van der Waals surface area contributed by atoms with Crippen LogP contribution in [0.25, 0.3) is 0 Å². The molecule has 1 saturated carbocycles. The summed E-state index contributed by atoms with van der Waals surface area (Å²) in [5.74, 6) is -0.213. The quantitative estimate of drug-likeness (QED) is 0.724. The highest BCUT2D eigenvalue weighted by Crippen LogP contribution is 2.24. The molecule has 1 aliphatic rings. The van der Waals surface area contributed by atoms with Gasteiger partial charge >= 0.3 is 0 Å². The third-order valence-corrected chi connectivity index (χ3v) is 3.85. The van der Waals surface area contributed by atoms with Gasteiger partial charge in [0.1, 0.15) is 0 Å². The summed E-state index contributed by atoms with van der Waals surface area (Å²) in [6, 6.07) is 1.59. The summed E-state index contributed by atoms with van der Waals surface area (Å²) in [5.41, 5.74) is 5.34. The number of carbonyl (C=O) groups excluding carboxylic acids is 1. The zero-order chi connectivity index (χ0) is 13.5. The van der Waals surface area contributed by atoms with Gasteiger partial charge in [-0.15, -0.1) is 0 Å². The zero-order valence-corrected chi connectivity index (χ0v) is 12.1. The first-order valence-electron chi connectivity index (χ1n) is 7.32. The van der Waals surface area contributed by atoms with Gasteiger partial charge in [-0.2, -0.15) is 0 Å². The minimum Gasteiger partial charge on any atom is -0.369 e. The average Bonchev–Trinajstić information content (AvgIpc) is 2.34. The lowest BCUT2D eigenvalue weighted by atomic mass is 9.89. The summed E-state index contributed by atoms with van der Waals surface area (Å²) in [6.45, 7) is 8.00. The van der Waals surface area contributed by atoms with Gasteiger partial charge in [0.15, 0.2) is 0 Å². The second-order valence-electron chi connectivity index (χ2n) is 5.69. The SMILES string of the molecule is CCCNC1CCC(N(CC(N)=O)C(C)C)CC1. The first-order chi connectivity index (χ1) is 8.54. The lowest BCUT2D eigenvalue weighted by molar-refractivity contribution is -0.120. The van der Waals surface area contributed by atoms with Crippen LogP contribution in [0.1, 0.15) is 52.9 Å². The molecule has 0 atom stereocenters. The fourth-order valence-electron chi connectivity index (χ4n) is 2.87. The highest BCUT2D eigenvalue weighted by atomic mass is 16.1. The molecule has 0 aliphatic heterocycles. The van der Waals surface area contributed by atoms with Crippen LogP contribution in [0.5, 0.6) is 0 Å². The molecule has 0 aromatic carbocycles. The molecule has 4 heteroatoms. The molecule has 4 nitrogen and oxygen atoms in total. The minimum atomic E-state index is -0.213. The second kappa shape index (κ2) is 7.74. The number of carbonyl (C=O) groups is 1.